The second kappa shape index (κ2) is 8.05. The Bertz CT molecular complexity index is 1260. The summed E-state index contributed by atoms with van der Waals surface area (Å²) in [5, 5.41) is 7.18. The van der Waals surface area contributed by atoms with Crippen molar-refractivity contribution in [1.82, 2.24) is 15.5 Å². The zero-order chi connectivity index (χ0) is 22.1. The third-order valence-electron chi connectivity index (χ3n) is 5.22. The number of aromatic nitrogens is 2. The van der Waals surface area contributed by atoms with Crippen LogP contribution in [-0.4, -0.2) is 22.9 Å². The summed E-state index contributed by atoms with van der Waals surface area (Å²) in [6.07, 6.45) is -2.78. The Balaban J connectivity index is 1.46. The molecule has 0 bridgehead atoms. The summed E-state index contributed by atoms with van der Waals surface area (Å²) in [6.45, 7) is 0.726. The molecule has 0 fully saturated rings. The molecule has 2 heterocycles. The standard InChI is InChI=1S/C24H17F3N4O/c25-24(26,27)20-14-18(10-11-19(20)15-4-2-1-3-5-15)23-30-22(31-32-23)17-8-6-16(7-9-17)21-28-12-13-29-21/h1-12,14,21,29H,13H2. The predicted molar refractivity (Wildman–Crippen MR) is 115 cm³/mol. The maximum Gasteiger partial charge on any atom is 0.417 e. The molecule has 1 aliphatic heterocycles. The topological polar surface area (TPSA) is 63.3 Å². The zero-order valence-electron chi connectivity index (χ0n) is 16.7. The Hall–Kier alpha value is -3.78. The van der Waals surface area contributed by atoms with E-state index in [1.807, 2.05) is 30.5 Å². The average molecular weight is 434 g/mol. The first-order valence-electron chi connectivity index (χ1n) is 9.95. The van der Waals surface area contributed by atoms with E-state index >= 15 is 0 Å². The van der Waals surface area contributed by atoms with Crippen LogP contribution in [0.4, 0.5) is 13.2 Å². The number of nitrogens with one attached hydrogen (secondary N) is 1. The monoisotopic (exact) mass is 434 g/mol. The van der Waals surface area contributed by atoms with Crippen molar-refractivity contribution in [3.8, 4) is 34.0 Å². The molecule has 5 nitrogen and oxygen atoms in total. The van der Waals surface area contributed by atoms with Crippen LogP contribution < -0.4 is 5.32 Å². The molecule has 4 aromatic rings. The minimum atomic E-state index is -4.53. The van der Waals surface area contributed by atoms with Crippen LogP contribution in [0.15, 0.2) is 82.3 Å². The van der Waals surface area contributed by atoms with Crippen LogP contribution in [0.25, 0.3) is 34.0 Å². The Labute approximate surface area is 181 Å². The molecule has 32 heavy (non-hydrogen) atoms. The van der Waals surface area contributed by atoms with Gasteiger partial charge in [0.2, 0.25) is 5.82 Å². The number of alkyl halides is 3. The van der Waals surface area contributed by atoms with Crippen molar-refractivity contribution >= 4 is 6.21 Å². The van der Waals surface area contributed by atoms with Crippen LogP contribution in [0.1, 0.15) is 17.3 Å². The molecular weight excluding hydrogens is 417 g/mol. The van der Waals surface area contributed by atoms with E-state index in [-0.39, 0.29) is 23.2 Å². The first-order valence-corrected chi connectivity index (χ1v) is 9.95. The molecule has 0 radical (unpaired) electrons. The molecule has 0 spiro atoms. The molecule has 0 amide bonds. The number of halogens is 3. The molecule has 0 saturated carbocycles. The van der Waals surface area contributed by atoms with E-state index in [9.17, 15) is 13.2 Å². The number of rotatable bonds is 4. The molecule has 1 atom stereocenters. The SMILES string of the molecule is FC(F)(F)c1cc(-c2nc(-c3ccc(C4N=CCN4)cc3)no2)ccc1-c1ccccc1. The quantitative estimate of drug-likeness (QED) is 0.443. The van der Waals surface area contributed by atoms with E-state index in [4.69, 9.17) is 4.52 Å². The lowest BCUT2D eigenvalue weighted by Crippen LogP contribution is -2.14. The number of hydrogen-bond acceptors (Lipinski definition) is 5. The van der Waals surface area contributed by atoms with Gasteiger partial charge in [0.05, 0.1) is 5.56 Å². The fourth-order valence-electron chi connectivity index (χ4n) is 3.63. The molecule has 0 saturated heterocycles. The van der Waals surface area contributed by atoms with E-state index in [0.717, 1.165) is 18.2 Å². The highest BCUT2D eigenvalue weighted by molar-refractivity contribution is 5.72. The van der Waals surface area contributed by atoms with Crippen LogP contribution in [0.2, 0.25) is 0 Å². The van der Waals surface area contributed by atoms with Crippen molar-refractivity contribution in [3.63, 3.8) is 0 Å². The molecule has 1 N–H and O–H groups in total. The first-order chi connectivity index (χ1) is 15.5. The van der Waals surface area contributed by atoms with Crippen LogP contribution in [0, 0.1) is 0 Å². The van der Waals surface area contributed by atoms with Gasteiger partial charge in [0.25, 0.3) is 5.89 Å². The van der Waals surface area contributed by atoms with Gasteiger partial charge < -0.3 is 4.52 Å². The summed E-state index contributed by atoms with van der Waals surface area (Å²) >= 11 is 0. The summed E-state index contributed by atoms with van der Waals surface area (Å²) in [6, 6.07) is 20.0. The fourth-order valence-corrected chi connectivity index (χ4v) is 3.63. The number of hydrogen-bond donors (Lipinski definition) is 1. The van der Waals surface area contributed by atoms with Gasteiger partial charge in [0.15, 0.2) is 0 Å². The molecule has 1 aromatic heterocycles. The Kier molecular flexibility index (Phi) is 5.07. The van der Waals surface area contributed by atoms with Gasteiger partial charge in [0, 0.05) is 23.9 Å². The predicted octanol–water partition coefficient (Wildman–Crippen LogP) is 5.76. The van der Waals surface area contributed by atoms with Gasteiger partial charge in [-0.15, -0.1) is 0 Å². The highest BCUT2D eigenvalue weighted by atomic mass is 19.4. The second-order valence-electron chi connectivity index (χ2n) is 7.31. The molecule has 1 unspecified atom stereocenters. The Morgan fingerprint density at radius 1 is 0.875 bits per heavy atom. The van der Waals surface area contributed by atoms with Gasteiger partial charge in [-0.05, 0) is 28.8 Å². The summed E-state index contributed by atoms with van der Waals surface area (Å²) in [7, 11) is 0. The zero-order valence-corrected chi connectivity index (χ0v) is 16.7. The average Bonchev–Trinajstić information content (AvgIpc) is 3.52. The number of nitrogens with zero attached hydrogens (tertiary/aromatic N) is 3. The minimum absolute atomic E-state index is 0.0243. The lowest BCUT2D eigenvalue weighted by Gasteiger charge is -2.14. The summed E-state index contributed by atoms with van der Waals surface area (Å²) in [5.74, 6) is 0.325. The minimum Gasteiger partial charge on any atom is -0.334 e. The fraction of sp³-hybridized carbons (Fsp3) is 0.125. The van der Waals surface area contributed by atoms with Crippen molar-refractivity contribution in [2.75, 3.05) is 6.54 Å². The van der Waals surface area contributed by atoms with E-state index in [0.29, 0.717) is 17.0 Å². The van der Waals surface area contributed by atoms with Crippen molar-refractivity contribution < 1.29 is 17.7 Å². The first kappa shape index (κ1) is 20.1. The van der Waals surface area contributed by atoms with Crippen LogP contribution >= 0.6 is 0 Å². The number of benzene rings is 3. The van der Waals surface area contributed by atoms with Crippen LogP contribution in [0.5, 0.6) is 0 Å². The Morgan fingerprint density at radius 3 is 2.31 bits per heavy atom. The smallest absolute Gasteiger partial charge is 0.334 e. The van der Waals surface area contributed by atoms with Gasteiger partial charge in [-0.2, -0.15) is 18.2 Å². The maximum absolute atomic E-state index is 13.8. The molecule has 1 aliphatic rings. The lowest BCUT2D eigenvalue weighted by molar-refractivity contribution is -0.137. The van der Waals surface area contributed by atoms with E-state index < -0.39 is 11.7 Å². The molecule has 8 heteroatoms. The van der Waals surface area contributed by atoms with Crippen LogP contribution in [0.3, 0.4) is 0 Å². The maximum atomic E-state index is 13.8. The van der Waals surface area contributed by atoms with E-state index in [2.05, 4.69) is 20.4 Å². The van der Waals surface area contributed by atoms with Crippen molar-refractivity contribution in [3.05, 3.63) is 83.9 Å². The van der Waals surface area contributed by atoms with Gasteiger partial charge >= 0.3 is 6.18 Å². The second-order valence-corrected chi connectivity index (χ2v) is 7.31. The third-order valence-corrected chi connectivity index (χ3v) is 5.22. The molecule has 3 aromatic carbocycles. The normalized spacial score (nSPS) is 15.9. The molecule has 5 rings (SSSR count). The molecular formula is C24H17F3N4O. The highest BCUT2D eigenvalue weighted by Gasteiger charge is 2.34. The summed E-state index contributed by atoms with van der Waals surface area (Å²) in [5.41, 5.74) is 1.73. The van der Waals surface area contributed by atoms with Gasteiger partial charge in [-0.1, -0.05) is 65.8 Å². The van der Waals surface area contributed by atoms with Crippen molar-refractivity contribution in [1.29, 1.82) is 0 Å². The third kappa shape index (κ3) is 3.92. The van der Waals surface area contributed by atoms with Gasteiger partial charge in [-0.25, -0.2) is 0 Å². The van der Waals surface area contributed by atoms with Crippen molar-refractivity contribution in [2.45, 2.75) is 12.3 Å². The lowest BCUT2D eigenvalue weighted by atomic mass is 9.97. The van der Waals surface area contributed by atoms with Crippen molar-refractivity contribution in [2.24, 2.45) is 4.99 Å². The van der Waals surface area contributed by atoms with E-state index in [1.54, 1.807) is 36.4 Å². The van der Waals surface area contributed by atoms with E-state index in [1.165, 1.54) is 6.07 Å². The van der Waals surface area contributed by atoms with Gasteiger partial charge in [-0.3, -0.25) is 10.3 Å². The summed E-state index contributed by atoms with van der Waals surface area (Å²) in [4.78, 5) is 8.64. The van der Waals surface area contributed by atoms with Gasteiger partial charge in [0.1, 0.15) is 6.17 Å². The molecule has 160 valence electrons. The number of aliphatic imine (C=N–C) groups is 1. The molecule has 0 aliphatic carbocycles. The largest absolute Gasteiger partial charge is 0.417 e. The van der Waals surface area contributed by atoms with Crippen LogP contribution in [-0.2, 0) is 6.18 Å². The Morgan fingerprint density at radius 2 is 1.62 bits per heavy atom. The summed E-state index contributed by atoms with van der Waals surface area (Å²) < 4.78 is 46.6. The highest BCUT2D eigenvalue weighted by Crippen LogP contribution is 2.39.